The maximum atomic E-state index is 12.8. The van der Waals surface area contributed by atoms with Crippen molar-refractivity contribution >= 4 is 15.9 Å². The van der Waals surface area contributed by atoms with Crippen LogP contribution in [0.15, 0.2) is 16.6 Å². The monoisotopic (exact) mass is 220 g/mol. The van der Waals surface area contributed by atoms with Crippen LogP contribution in [0, 0.1) is 5.82 Å². The lowest BCUT2D eigenvalue weighted by Gasteiger charge is -2.03. The Kier molecular flexibility index (Phi) is 2.34. The number of methoxy groups -OCH3 is 1. The van der Waals surface area contributed by atoms with Crippen molar-refractivity contribution in [2.45, 2.75) is 0 Å². The summed E-state index contributed by atoms with van der Waals surface area (Å²) in [5.41, 5.74) is 0. The molecule has 0 unspecified atom stereocenters. The van der Waals surface area contributed by atoms with Crippen LogP contribution in [0.2, 0.25) is 0 Å². The average molecular weight is 221 g/mol. The lowest BCUT2D eigenvalue weighted by Crippen LogP contribution is -1.88. The quantitative estimate of drug-likeness (QED) is 0.788. The first-order chi connectivity index (χ1) is 5.15. The minimum Gasteiger partial charge on any atom is -0.504 e. The van der Waals surface area contributed by atoms with Crippen LogP contribution in [0.5, 0.6) is 11.5 Å². The van der Waals surface area contributed by atoms with E-state index in [4.69, 9.17) is 5.11 Å². The molecular formula is C7H6BrFO2. The maximum Gasteiger partial charge on any atom is 0.196 e. The standard InChI is InChI=1S/C7H6BrFO2/c1-11-7-5(9)2-4(8)3-6(7)10/h2-3,10H,1H3. The van der Waals surface area contributed by atoms with Gasteiger partial charge in [-0.05, 0) is 12.1 Å². The highest BCUT2D eigenvalue weighted by Crippen LogP contribution is 2.31. The normalized spacial score (nSPS) is 9.73. The maximum absolute atomic E-state index is 12.8. The summed E-state index contributed by atoms with van der Waals surface area (Å²) in [6.45, 7) is 0. The van der Waals surface area contributed by atoms with E-state index in [1.54, 1.807) is 0 Å². The summed E-state index contributed by atoms with van der Waals surface area (Å²) < 4.78 is 17.9. The van der Waals surface area contributed by atoms with Crippen LogP contribution in [0.3, 0.4) is 0 Å². The zero-order valence-corrected chi connectivity index (χ0v) is 7.35. The highest BCUT2D eigenvalue weighted by molar-refractivity contribution is 9.10. The lowest BCUT2D eigenvalue weighted by molar-refractivity contribution is 0.351. The van der Waals surface area contributed by atoms with Gasteiger partial charge in [-0.1, -0.05) is 15.9 Å². The van der Waals surface area contributed by atoms with Crippen molar-refractivity contribution in [2.24, 2.45) is 0 Å². The van der Waals surface area contributed by atoms with E-state index in [1.807, 2.05) is 0 Å². The Balaban J connectivity index is 3.25. The van der Waals surface area contributed by atoms with Gasteiger partial charge in [0.1, 0.15) is 0 Å². The second-order valence-corrected chi connectivity index (χ2v) is 2.86. The van der Waals surface area contributed by atoms with Crippen LogP contribution < -0.4 is 4.74 Å². The highest BCUT2D eigenvalue weighted by atomic mass is 79.9. The first-order valence-electron chi connectivity index (χ1n) is 2.87. The summed E-state index contributed by atoms with van der Waals surface area (Å²) in [6, 6.07) is 2.58. The summed E-state index contributed by atoms with van der Waals surface area (Å²) in [6.07, 6.45) is 0. The first kappa shape index (κ1) is 8.33. The van der Waals surface area contributed by atoms with Crippen molar-refractivity contribution in [3.8, 4) is 11.5 Å². The number of phenols is 1. The summed E-state index contributed by atoms with van der Waals surface area (Å²) in [5.74, 6) is -0.924. The van der Waals surface area contributed by atoms with E-state index < -0.39 is 5.82 Å². The molecule has 0 aromatic heterocycles. The second-order valence-electron chi connectivity index (χ2n) is 1.94. The number of rotatable bonds is 1. The molecular weight excluding hydrogens is 215 g/mol. The molecule has 0 saturated carbocycles. The Hall–Kier alpha value is -0.770. The van der Waals surface area contributed by atoms with Gasteiger partial charge in [0.25, 0.3) is 0 Å². The van der Waals surface area contributed by atoms with E-state index in [-0.39, 0.29) is 11.5 Å². The summed E-state index contributed by atoms with van der Waals surface area (Å²) >= 11 is 3.02. The Morgan fingerprint density at radius 1 is 1.55 bits per heavy atom. The van der Waals surface area contributed by atoms with Gasteiger partial charge in [-0.25, -0.2) is 4.39 Å². The van der Waals surface area contributed by atoms with Gasteiger partial charge in [-0.2, -0.15) is 0 Å². The van der Waals surface area contributed by atoms with Gasteiger partial charge < -0.3 is 9.84 Å². The Labute approximate surface area is 71.7 Å². The second kappa shape index (κ2) is 3.09. The Morgan fingerprint density at radius 2 is 2.18 bits per heavy atom. The molecule has 1 aromatic carbocycles. The van der Waals surface area contributed by atoms with Gasteiger partial charge in [0.15, 0.2) is 17.3 Å². The van der Waals surface area contributed by atoms with Gasteiger partial charge in [0, 0.05) is 4.47 Å². The average Bonchev–Trinajstić information content (AvgIpc) is 1.85. The number of halogens is 2. The molecule has 1 N–H and O–H groups in total. The van der Waals surface area contributed by atoms with E-state index in [0.717, 1.165) is 0 Å². The lowest BCUT2D eigenvalue weighted by atomic mass is 10.3. The fourth-order valence-electron chi connectivity index (χ4n) is 0.749. The van der Waals surface area contributed by atoms with Crippen molar-refractivity contribution < 1.29 is 14.2 Å². The van der Waals surface area contributed by atoms with Gasteiger partial charge in [0.05, 0.1) is 7.11 Å². The van der Waals surface area contributed by atoms with E-state index in [9.17, 15) is 4.39 Å². The fourth-order valence-corrected chi connectivity index (χ4v) is 1.17. The molecule has 0 aliphatic carbocycles. The SMILES string of the molecule is COc1c(O)cc(Br)cc1F. The molecule has 2 nitrogen and oxygen atoms in total. The molecule has 1 rings (SSSR count). The van der Waals surface area contributed by atoms with Crippen LogP contribution in [0.25, 0.3) is 0 Å². The van der Waals surface area contributed by atoms with E-state index >= 15 is 0 Å². The molecule has 0 atom stereocenters. The van der Waals surface area contributed by atoms with Gasteiger partial charge >= 0.3 is 0 Å². The Morgan fingerprint density at radius 3 is 2.64 bits per heavy atom. The van der Waals surface area contributed by atoms with Crippen molar-refractivity contribution in [1.29, 1.82) is 0 Å². The predicted molar refractivity (Wildman–Crippen MR) is 42.3 cm³/mol. The fraction of sp³-hybridized carbons (Fsp3) is 0.143. The third-order valence-corrected chi connectivity index (χ3v) is 1.65. The molecule has 4 heteroatoms. The first-order valence-corrected chi connectivity index (χ1v) is 3.66. The molecule has 1 aromatic rings. The highest BCUT2D eigenvalue weighted by Gasteiger charge is 2.08. The van der Waals surface area contributed by atoms with Crippen molar-refractivity contribution in [1.82, 2.24) is 0 Å². The molecule has 0 spiro atoms. The van der Waals surface area contributed by atoms with Crippen LogP contribution in [0.4, 0.5) is 4.39 Å². The largest absolute Gasteiger partial charge is 0.504 e. The number of phenolic OH excluding ortho intramolecular Hbond substituents is 1. The van der Waals surface area contributed by atoms with Gasteiger partial charge in [-0.3, -0.25) is 0 Å². The van der Waals surface area contributed by atoms with Crippen molar-refractivity contribution in [3.05, 3.63) is 22.4 Å². The molecule has 0 amide bonds. The zero-order valence-electron chi connectivity index (χ0n) is 5.77. The van der Waals surface area contributed by atoms with Gasteiger partial charge in [-0.15, -0.1) is 0 Å². The van der Waals surface area contributed by atoms with Gasteiger partial charge in [0.2, 0.25) is 0 Å². The number of benzene rings is 1. The number of hydrogen-bond donors (Lipinski definition) is 1. The van der Waals surface area contributed by atoms with E-state index in [1.165, 1.54) is 19.2 Å². The number of aromatic hydroxyl groups is 1. The molecule has 0 aliphatic rings. The van der Waals surface area contributed by atoms with E-state index in [2.05, 4.69) is 20.7 Å². The van der Waals surface area contributed by atoms with Crippen LogP contribution in [0.1, 0.15) is 0 Å². The number of ether oxygens (including phenoxy) is 1. The molecule has 0 saturated heterocycles. The summed E-state index contributed by atoms with van der Waals surface area (Å²) in [7, 11) is 1.30. The molecule has 0 aliphatic heterocycles. The minimum absolute atomic E-state index is 0.131. The molecule has 0 heterocycles. The van der Waals surface area contributed by atoms with Crippen molar-refractivity contribution in [2.75, 3.05) is 7.11 Å². The summed E-state index contributed by atoms with van der Waals surface area (Å²) in [4.78, 5) is 0. The Bertz CT molecular complexity index is 252. The molecule has 0 bridgehead atoms. The van der Waals surface area contributed by atoms with Crippen LogP contribution >= 0.6 is 15.9 Å². The van der Waals surface area contributed by atoms with Crippen molar-refractivity contribution in [3.63, 3.8) is 0 Å². The summed E-state index contributed by atoms with van der Waals surface area (Å²) in [5, 5.41) is 9.08. The third-order valence-electron chi connectivity index (χ3n) is 1.19. The molecule has 11 heavy (non-hydrogen) atoms. The van der Waals surface area contributed by atoms with Crippen LogP contribution in [-0.4, -0.2) is 12.2 Å². The minimum atomic E-state index is -0.584. The predicted octanol–water partition coefficient (Wildman–Crippen LogP) is 2.30. The third kappa shape index (κ3) is 1.63. The molecule has 0 radical (unpaired) electrons. The molecule has 60 valence electrons. The van der Waals surface area contributed by atoms with E-state index in [0.29, 0.717) is 4.47 Å². The number of hydrogen-bond acceptors (Lipinski definition) is 2. The topological polar surface area (TPSA) is 29.5 Å². The zero-order chi connectivity index (χ0) is 8.43. The smallest absolute Gasteiger partial charge is 0.196 e. The molecule has 0 fully saturated rings. The van der Waals surface area contributed by atoms with Crippen LogP contribution in [-0.2, 0) is 0 Å².